The fourth-order valence-corrected chi connectivity index (χ4v) is 10.1. The fourth-order valence-electron chi connectivity index (χ4n) is 7.86. The highest BCUT2D eigenvalue weighted by Gasteiger charge is 2.24. The zero-order valence-electron chi connectivity index (χ0n) is 27.7. The molecule has 0 atom stereocenters. The summed E-state index contributed by atoms with van der Waals surface area (Å²) in [5.41, 5.74) is 15.4. The predicted molar refractivity (Wildman–Crippen MR) is 207 cm³/mol. The van der Waals surface area contributed by atoms with E-state index >= 15 is 0 Å². The third kappa shape index (κ3) is 3.55. The topological polar surface area (TPSA) is 57.8 Å². The first-order valence-electron chi connectivity index (χ1n) is 16.6. The molecule has 50 heavy (non-hydrogen) atoms. The highest BCUT2D eigenvalue weighted by atomic mass is 32.1. The van der Waals surface area contributed by atoms with Gasteiger partial charge in [-0.1, -0.05) is 65.1 Å². The second kappa shape index (κ2) is 9.90. The third-order valence-corrected chi connectivity index (χ3v) is 12.3. The summed E-state index contributed by atoms with van der Waals surface area (Å²) in [6.07, 6.45) is 3.96. The molecule has 0 fully saturated rings. The molecule has 242 valence electrons. The maximum absolute atomic E-state index is 6.45. The normalized spacial score (nSPS) is 12.4. The molecule has 7 aromatic heterocycles. The summed E-state index contributed by atoms with van der Waals surface area (Å²) < 4.78 is 24.7. The summed E-state index contributed by atoms with van der Waals surface area (Å²) in [5.74, 6) is 1.86. The smallest absolute Gasteiger partial charge is 0.205 e. The Morgan fingerprint density at radius 2 is 1.00 bits per heavy atom. The molecule has 0 amide bonds. The van der Waals surface area contributed by atoms with Gasteiger partial charge in [0.15, 0.2) is 0 Å². The van der Waals surface area contributed by atoms with E-state index in [9.17, 15) is 0 Å². The van der Waals surface area contributed by atoms with E-state index in [2.05, 4.69) is 137 Å². The zero-order chi connectivity index (χ0) is 33.4. The molecule has 0 unspecified atom stereocenters. The Morgan fingerprint density at radius 1 is 0.480 bits per heavy atom. The highest BCUT2D eigenvalue weighted by molar-refractivity contribution is 7.24. The Bertz CT molecular complexity index is 3030. The van der Waals surface area contributed by atoms with Gasteiger partial charge >= 0.3 is 0 Å². The lowest BCUT2D eigenvalue weighted by atomic mass is 10.1. The van der Waals surface area contributed by atoms with Crippen molar-refractivity contribution in [1.82, 2.24) is 22.9 Å². The zero-order valence-corrected chi connectivity index (χ0v) is 29.3. The second-order valence-electron chi connectivity index (χ2n) is 13.0. The maximum atomic E-state index is 6.45. The van der Waals surface area contributed by atoms with Crippen LogP contribution in [-0.4, -0.2) is 22.9 Å². The summed E-state index contributed by atoms with van der Waals surface area (Å²) in [5, 5.41) is 0. The van der Waals surface area contributed by atoms with Gasteiger partial charge in [0.1, 0.15) is 22.6 Å². The number of pyridine rings is 1. The van der Waals surface area contributed by atoms with Crippen molar-refractivity contribution in [1.29, 1.82) is 0 Å². The largest absolute Gasteiger partial charge is 0.449 e. The summed E-state index contributed by atoms with van der Waals surface area (Å²) in [6, 6.07) is 32.7. The monoisotopic (exact) mass is 687 g/mol. The second-order valence-corrected chi connectivity index (χ2v) is 15.0. The van der Waals surface area contributed by atoms with Gasteiger partial charge in [0.2, 0.25) is 9.79 Å². The van der Waals surface area contributed by atoms with Crippen molar-refractivity contribution in [3.8, 4) is 11.4 Å². The molecule has 0 aliphatic rings. The molecule has 0 radical (unpaired) electrons. The van der Waals surface area contributed by atoms with Crippen molar-refractivity contribution in [2.24, 2.45) is 0 Å². The number of para-hydroxylation sites is 3. The first kappa shape index (κ1) is 28.1. The van der Waals surface area contributed by atoms with Crippen molar-refractivity contribution >= 4 is 97.0 Å². The minimum absolute atomic E-state index is 0.889. The molecule has 9 heteroatoms. The van der Waals surface area contributed by atoms with E-state index in [0.29, 0.717) is 0 Å². The van der Waals surface area contributed by atoms with Crippen LogP contribution in [0.3, 0.4) is 0 Å². The van der Waals surface area contributed by atoms with Crippen molar-refractivity contribution < 1.29 is 8.83 Å². The van der Waals surface area contributed by atoms with E-state index in [1.165, 1.54) is 0 Å². The van der Waals surface area contributed by atoms with E-state index in [1.54, 1.807) is 22.7 Å². The number of benzene rings is 4. The van der Waals surface area contributed by atoms with Gasteiger partial charge in [0.25, 0.3) is 0 Å². The Hall–Kier alpha value is -5.77. The number of furan rings is 2. The molecule has 0 aliphatic heterocycles. The molecule has 0 saturated carbocycles. The van der Waals surface area contributed by atoms with E-state index in [-0.39, 0.29) is 0 Å². The molecular formula is C41H29N5O2S2. The molecule has 0 saturated heterocycles. The number of fused-ring (bicyclic) bond motifs is 8. The van der Waals surface area contributed by atoms with Crippen LogP contribution in [0.2, 0.25) is 0 Å². The SMILES string of the molecule is Cc1oc2sc3cccc4c3n(c3cc5c(cc3n4-c3ccccc3)n(-c3ccccc3)c3cncc4sc6oc(C)c(C)c6n5c43)c2c1C. The van der Waals surface area contributed by atoms with Crippen molar-refractivity contribution in [3.63, 3.8) is 0 Å². The van der Waals surface area contributed by atoms with Crippen LogP contribution in [0.4, 0.5) is 0 Å². The van der Waals surface area contributed by atoms with Crippen LogP contribution in [0.15, 0.2) is 112 Å². The Kier molecular flexibility index (Phi) is 5.57. The Labute approximate surface area is 292 Å². The fraction of sp³-hybridized carbons (Fsp3) is 0.0976. The van der Waals surface area contributed by atoms with Crippen LogP contribution in [-0.2, 0) is 0 Å². The number of rotatable bonds is 2. The van der Waals surface area contributed by atoms with Gasteiger partial charge in [-0.05, 0) is 76.2 Å². The molecule has 7 nitrogen and oxygen atoms in total. The molecule has 11 rings (SSSR count). The predicted octanol–water partition coefficient (Wildman–Crippen LogP) is 11.8. The van der Waals surface area contributed by atoms with Crippen LogP contribution in [0, 0.1) is 27.7 Å². The van der Waals surface area contributed by atoms with Gasteiger partial charge in [-0.3, -0.25) is 4.98 Å². The minimum atomic E-state index is 0.889. The minimum Gasteiger partial charge on any atom is -0.449 e. The molecular weight excluding hydrogens is 659 g/mol. The molecule has 0 N–H and O–H groups in total. The van der Waals surface area contributed by atoms with Crippen LogP contribution >= 0.6 is 22.7 Å². The molecule has 7 heterocycles. The van der Waals surface area contributed by atoms with Crippen LogP contribution in [0.5, 0.6) is 0 Å². The van der Waals surface area contributed by atoms with E-state index in [1.807, 2.05) is 12.4 Å². The van der Waals surface area contributed by atoms with Crippen LogP contribution in [0.25, 0.3) is 85.7 Å². The number of aryl methyl sites for hydroxylation is 4. The van der Waals surface area contributed by atoms with Crippen molar-refractivity contribution in [2.75, 3.05) is 0 Å². The quantitative estimate of drug-likeness (QED) is 0.134. The lowest BCUT2D eigenvalue weighted by molar-refractivity contribution is 0.581. The van der Waals surface area contributed by atoms with E-state index < -0.39 is 0 Å². The van der Waals surface area contributed by atoms with Gasteiger partial charge in [0, 0.05) is 28.7 Å². The lowest BCUT2D eigenvalue weighted by Gasteiger charge is -2.24. The van der Waals surface area contributed by atoms with Crippen molar-refractivity contribution in [3.05, 3.63) is 126 Å². The Morgan fingerprint density at radius 3 is 1.60 bits per heavy atom. The van der Waals surface area contributed by atoms with Gasteiger partial charge < -0.3 is 26.8 Å². The summed E-state index contributed by atoms with van der Waals surface area (Å²) in [6.45, 7) is 8.46. The van der Waals surface area contributed by atoms with Crippen molar-refractivity contribution in [2.45, 2.75) is 27.7 Å². The number of nitrogens with zero attached hydrogens (tertiary/aromatic N) is 5. The molecule has 0 bridgehead atoms. The average Bonchev–Trinajstić information content (AvgIpc) is 3.59. The van der Waals surface area contributed by atoms with Gasteiger partial charge in [-0.25, -0.2) is 0 Å². The third-order valence-electron chi connectivity index (χ3n) is 10.3. The lowest BCUT2D eigenvalue weighted by Crippen LogP contribution is -2.10. The van der Waals surface area contributed by atoms with Crippen LogP contribution in [0.1, 0.15) is 22.6 Å². The molecule has 11 aromatic rings. The summed E-state index contributed by atoms with van der Waals surface area (Å²) >= 11 is 3.36. The van der Waals surface area contributed by atoms with Crippen LogP contribution < -0.4 is 0 Å². The number of hydrogen-bond donors (Lipinski definition) is 0. The molecule has 0 spiro atoms. The standard InChI is InChI=1S/C41H29N5O2S2/c1-22-24(3)47-40-36(22)45-31-19-32-30(18-29(31)43(26-12-7-5-8-13-26)28-16-11-17-34(49-40)38(28)45)44(27-14-9-6-10-15-27)33-20-42-21-35-39(33)46(32)37-23(2)25(4)48-41(37)50-35/h5-21H,1-4H3. The number of hydrogen-bond acceptors (Lipinski definition) is 5. The maximum Gasteiger partial charge on any atom is 0.205 e. The summed E-state index contributed by atoms with van der Waals surface area (Å²) in [4.78, 5) is 6.59. The highest BCUT2D eigenvalue weighted by Crippen LogP contribution is 2.43. The van der Waals surface area contributed by atoms with E-state index in [0.717, 1.165) is 108 Å². The van der Waals surface area contributed by atoms with Gasteiger partial charge in [0.05, 0.1) is 59.7 Å². The number of aromatic nitrogens is 5. The Balaban J connectivity index is 1.52. The first-order chi connectivity index (χ1) is 24.5. The molecule has 4 aromatic carbocycles. The molecule has 0 aliphatic carbocycles. The summed E-state index contributed by atoms with van der Waals surface area (Å²) in [7, 11) is 0. The van der Waals surface area contributed by atoms with Gasteiger partial charge in [-0.15, -0.1) is 0 Å². The average molecular weight is 688 g/mol. The van der Waals surface area contributed by atoms with E-state index in [4.69, 9.17) is 13.8 Å². The first-order valence-corrected chi connectivity index (χ1v) is 18.3. The van der Waals surface area contributed by atoms with Gasteiger partial charge in [-0.2, -0.15) is 0 Å².